The van der Waals surface area contributed by atoms with Crippen molar-refractivity contribution in [3.8, 4) is 6.01 Å². The molecule has 0 aromatic carbocycles. The number of piperidine rings is 1. The average molecular weight is 281 g/mol. The summed E-state index contributed by atoms with van der Waals surface area (Å²) >= 11 is 0. The van der Waals surface area contributed by atoms with Crippen molar-refractivity contribution in [2.45, 2.75) is 32.2 Å². The molecule has 0 spiro atoms. The predicted molar refractivity (Wildman–Crippen MR) is 77.6 cm³/mol. The molecule has 4 N–H and O–H groups in total. The number of hydrogen-bond acceptors (Lipinski definition) is 8. The van der Waals surface area contributed by atoms with Gasteiger partial charge in [-0.15, -0.1) is 0 Å². The first-order valence-electron chi connectivity index (χ1n) is 6.97. The van der Waals surface area contributed by atoms with Crippen LogP contribution in [0.5, 0.6) is 6.01 Å². The van der Waals surface area contributed by atoms with Crippen molar-refractivity contribution in [2.75, 3.05) is 37.5 Å². The summed E-state index contributed by atoms with van der Waals surface area (Å²) < 4.78 is 5.01. The van der Waals surface area contributed by atoms with Gasteiger partial charge in [0.15, 0.2) is 0 Å². The van der Waals surface area contributed by atoms with Gasteiger partial charge < -0.3 is 10.1 Å². The number of hydrazine groups is 1. The van der Waals surface area contributed by atoms with Gasteiger partial charge in [0, 0.05) is 12.6 Å². The Labute approximate surface area is 119 Å². The van der Waals surface area contributed by atoms with Crippen LogP contribution in [-0.2, 0) is 0 Å². The number of aromatic nitrogens is 3. The molecule has 0 saturated carbocycles. The first-order chi connectivity index (χ1) is 9.72. The van der Waals surface area contributed by atoms with E-state index < -0.39 is 0 Å². The number of nitrogens with zero attached hydrogens (tertiary/aromatic N) is 4. The zero-order valence-corrected chi connectivity index (χ0v) is 12.1. The van der Waals surface area contributed by atoms with Gasteiger partial charge in [-0.1, -0.05) is 6.42 Å². The molecule has 0 radical (unpaired) electrons. The Morgan fingerprint density at radius 2 is 1.90 bits per heavy atom. The fraction of sp³-hybridized carbons (Fsp3) is 0.750. The van der Waals surface area contributed by atoms with Crippen molar-refractivity contribution in [2.24, 2.45) is 5.84 Å². The summed E-state index contributed by atoms with van der Waals surface area (Å²) in [6.45, 7) is 5.31. The summed E-state index contributed by atoms with van der Waals surface area (Å²) in [5.41, 5.74) is 2.40. The maximum absolute atomic E-state index is 5.32. The SMILES string of the molecule is COc1nc(NN)nc(NCC(C)N2CCCCC2)n1. The summed E-state index contributed by atoms with van der Waals surface area (Å²) in [6.07, 6.45) is 3.91. The third-order valence-electron chi connectivity index (χ3n) is 3.50. The highest BCUT2D eigenvalue weighted by molar-refractivity contribution is 5.34. The number of nitrogen functional groups attached to an aromatic ring is 1. The molecule has 20 heavy (non-hydrogen) atoms. The molecule has 2 heterocycles. The van der Waals surface area contributed by atoms with Crippen LogP contribution in [0.1, 0.15) is 26.2 Å². The molecule has 1 saturated heterocycles. The van der Waals surface area contributed by atoms with Crippen LogP contribution < -0.4 is 21.3 Å². The number of nitrogens with one attached hydrogen (secondary N) is 2. The van der Waals surface area contributed by atoms with Gasteiger partial charge >= 0.3 is 6.01 Å². The smallest absolute Gasteiger partial charge is 0.322 e. The van der Waals surface area contributed by atoms with E-state index in [0.717, 1.165) is 6.54 Å². The Kier molecular flexibility index (Phi) is 5.31. The number of ether oxygens (including phenoxy) is 1. The first kappa shape index (κ1) is 14.7. The van der Waals surface area contributed by atoms with Crippen LogP contribution in [0.15, 0.2) is 0 Å². The van der Waals surface area contributed by atoms with E-state index in [1.165, 1.54) is 39.5 Å². The Bertz CT molecular complexity index is 400. The number of likely N-dealkylation sites (tertiary alicyclic amines) is 1. The fourth-order valence-electron chi connectivity index (χ4n) is 2.32. The number of rotatable bonds is 6. The van der Waals surface area contributed by atoms with Gasteiger partial charge in [-0.2, -0.15) is 15.0 Å². The van der Waals surface area contributed by atoms with Crippen molar-refractivity contribution >= 4 is 11.9 Å². The zero-order valence-electron chi connectivity index (χ0n) is 12.1. The molecule has 1 aliphatic rings. The van der Waals surface area contributed by atoms with Gasteiger partial charge in [0.05, 0.1) is 7.11 Å². The summed E-state index contributed by atoms with van der Waals surface area (Å²) in [5.74, 6) is 6.07. The lowest BCUT2D eigenvalue weighted by atomic mass is 10.1. The van der Waals surface area contributed by atoms with Crippen LogP contribution in [0.3, 0.4) is 0 Å². The average Bonchev–Trinajstić information content (AvgIpc) is 2.53. The van der Waals surface area contributed by atoms with Crippen LogP contribution in [0.2, 0.25) is 0 Å². The van der Waals surface area contributed by atoms with E-state index in [1.807, 2.05) is 0 Å². The molecule has 1 atom stereocenters. The van der Waals surface area contributed by atoms with E-state index in [-0.39, 0.29) is 12.0 Å². The van der Waals surface area contributed by atoms with E-state index in [9.17, 15) is 0 Å². The Morgan fingerprint density at radius 3 is 2.55 bits per heavy atom. The Morgan fingerprint density at radius 1 is 1.20 bits per heavy atom. The first-order valence-corrected chi connectivity index (χ1v) is 6.97. The highest BCUT2D eigenvalue weighted by Gasteiger charge is 2.17. The summed E-state index contributed by atoms with van der Waals surface area (Å²) in [5, 5.41) is 3.21. The lowest BCUT2D eigenvalue weighted by molar-refractivity contribution is 0.180. The Hall–Kier alpha value is -1.67. The summed E-state index contributed by atoms with van der Waals surface area (Å²) in [6, 6.07) is 0.674. The Balaban J connectivity index is 1.92. The van der Waals surface area contributed by atoms with Crippen LogP contribution >= 0.6 is 0 Å². The molecule has 0 amide bonds. The second-order valence-corrected chi connectivity index (χ2v) is 4.94. The van der Waals surface area contributed by atoms with Crippen LogP contribution in [0.25, 0.3) is 0 Å². The molecule has 1 fully saturated rings. The number of methoxy groups -OCH3 is 1. The van der Waals surface area contributed by atoms with Crippen LogP contribution in [0, 0.1) is 0 Å². The third kappa shape index (κ3) is 3.91. The predicted octanol–water partition coefficient (Wildman–Crippen LogP) is 0.452. The highest BCUT2D eigenvalue weighted by Crippen LogP contribution is 2.13. The minimum Gasteiger partial charge on any atom is -0.467 e. The van der Waals surface area contributed by atoms with Crippen molar-refractivity contribution in [1.82, 2.24) is 19.9 Å². The van der Waals surface area contributed by atoms with Gasteiger partial charge in [0.2, 0.25) is 11.9 Å². The molecule has 1 unspecified atom stereocenters. The quantitative estimate of drug-likeness (QED) is 0.510. The molecule has 112 valence electrons. The van der Waals surface area contributed by atoms with Gasteiger partial charge in [-0.25, -0.2) is 5.84 Å². The van der Waals surface area contributed by atoms with Crippen molar-refractivity contribution in [3.05, 3.63) is 0 Å². The van der Waals surface area contributed by atoms with Crippen molar-refractivity contribution in [3.63, 3.8) is 0 Å². The normalized spacial score (nSPS) is 17.6. The largest absolute Gasteiger partial charge is 0.467 e. The molecule has 0 aliphatic carbocycles. The van der Waals surface area contributed by atoms with E-state index >= 15 is 0 Å². The molecule has 1 aromatic heterocycles. The molecule has 1 aromatic rings. The monoisotopic (exact) mass is 281 g/mol. The molecule has 1 aliphatic heterocycles. The molecular weight excluding hydrogens is 258 g/mol. The zero-order chi connectivity index (χ0) is 14.4. The molecular formula is C12H23N7O. The van der Waals surface area contributed by atoms with E-state index in [1.54, 1.807) is 0 Å². The molecule has 8 nitrogen and oxygen atoms in total. The van der Waals surface area contributed by atoms with Crippen LogP contribution in [-0.4, -0.2) is 52.6 Å². The van der Waals surface area contributed by atoms with Crippen molar-refractivity contribution < 1.29 is 4.74 Å². The van der Waals surface area contributed by atoms with Gasteiger partial charge in [-0.3, -0.25) is 10.3 Å². The summed E-state index contributed by atoms with van der Waals surface area (Å²) in [4.78, 5) is 14.7. The third-order valence-corrected chi connectivity index (χ3v) is 3.50. The molecule has 2 rings (SSSR count). The topological polar surface area (TPSA) is 101 Å². The lowest BCUT2D eigenvalue weighted by Crippen LogP contribution is -2.41. The fourth-order valence-corrected chi connectivity index (χ4v) is 2.32. The second-order valence-electron chi connectivity index (χ2n) is 4.94. The van der Waals surface area contributed by atoms with E-state index in [4.69, 9.17) is 10.6 Å². The lowest BCUT2D eigenvalue weighted by Gasteiger charge is -2.32. The molecule has 0 bridgehead atoms. The van der Waals surface area contributed by atoms with Gasteiger partial charge in [0.1, 0.15) is 0 Å². The standard InChI is InChI=1S/C12H23N7O/c1-9(19-6-4-3-5-7-19)8-14-10-15-11(18-13)17-12(16-10)20-2/h9H,3-8,13H2,1-2H3,(H2,14,15,16,17,18). The van der Waals surface area contributed by atoms with Crippen molar-refractivity contribution in [1.29, 1.82) is 0 Å². The van der Waals surface area contributed by atoms with E-state index in [0.29, 0.717) is 12.0 Å². The summed E-state index contributed by atoms with van der Waals surface area (Å²) in [7, 11) is 1.51. The highest BCUT2D eigenvalue weighted by atomic mass is 16.5. The minimum absolute atomic E-state index is 0.237. The van der Waals surface area contributed by atoms with Gasteiger partial charge in [0.25, 0.3) is 0 Å². The van der Waals surface area contributed by atoms with Gasteiger partial charge in [-0.05, 0) is 32.9 Å². The second kappa shape index (κ2) is 7.20. The number of anilines is 2. The minimum atomic E-state index is 0.237. The number of nitrogens with two attached hydrogens (primary N) is 1. The van der Waals surface area contributed by atoms with E-state index in [2.05, 4.69) is 37.5 Å². The maximum Gasteiger partial charge on any atom is 0.322 e. The number of hydrogen-bond donors (Lipinski definition) is 3. The van der Waals surface area contributed by atoms with Crippen LogP contribution in [0.4, 0.5) is 11.9 Å². The molecule has 8 heteroatoms. The maximum atomic E-state index is 5.32.